The lowest BCUT2D eigenvalue weighted by molar-refractivity contribution is 1.13. The van der Waals surface area contributed by atoms with Crippen LogP contribution in [0.2, 0.25) is 0 Å². The van der Waals surface area contributed by atoms with Gasteiger partial charge in [-0.25, -0.2) is 0 Å². The minimum absolute atomic E-state index is 0.985. The molecule has 1 rings (SSSR count). The van der Waals surface area contributed by atoms with E-state index in [1.165, 1.54) is 11.1 Å². The normalized spacial score (nSPS) is 12.8. The molecule has 0 unspecified atom stereocenters. The topological polar surface area (TPSA) is 12.9 Å². The van der Waals surface area contributed by atoms with E-state index in [1.54, 1.807) is 0 Å². The summed E-state index contributed by atoms with van der Waals surface area (Å²) in [6, 6.07) is 4.14. The maximum absolute atomic E-state index is 4.56. The molecule has 0 aliphatic carbocycles. The summed E-state index contributed by atoms with van der Waals surface area (Å²) in [4.78, 5) is 4.56. The highest BCUT2D eigenvalue weighted by molar-refractivity contribution is 5.73. The molecule has 0 aliphatic heterocycles. The summed E-state index contributed by atoms with van der Waals surface area (Å²) in [5.41, 5.74) is 5.56. The predicted octanol–water partition coefficient (Wildman–Crippen LogP) is 4.23. The van der Waals surface area contributed by atoms with E-state index in [0.717, 1.165) is 17.0 Å². The Morgan fingerprint density at radius 1 is 1.31 bits per heavy atom. The average molecular weight is 213 g/mol. The lowest BCUT2D eigenvalue weighted by atomic mass is 10.1. The highest BCUT2D eigenvalue weighted by atomic mass is 14.7. The molecular formula is C15H19N. The first-order chi connectivity index (χ1) is 7.58. The van der Waals surface area contributed by atoms with Gasteiger partial charge in [-0.2, -0.15) is 0 Å². The molecule has 1 nitrogen and oxygen atoms in total. The molecule has 0 N–H and O–H groups in total. The molecule has 0 saturated carbocycles. The fraction of sp³-hybridized carbons (Fsp3) is 0.267. The van der Waals surface area contributed by atoms with Gasteiger partial charge in [0.15, 0.2) is 0 Å². The zero-order valence-corrected chi connectivity index (χ0v) is 10.5. The maximum Gasteiger partial charge on any atom is 0.0705 e. The summed E-state index contributed by atoms with van der Waals surface area (Å²) >= 11 is 0. The molecule has 1 heteroatoms. The van der Waals surface area contributed by atoms with E-state index in [0.29, 0.717) is 0 Å². The maximum atomic E-state index is 4.56. The summed E-state index contributed by atoms with van der Waals surface area (Å²) in [5, 5.41) is 0. The van der Waals surface area contributed by atoms with E-state index in [1.807, 2.05) is 26.0 Å². The molecule has 16 heavy (non-hydrogen) atoms. The van der Waals surface area contributed by atoms with E-state index in [4.69, 9.17) is 0 Å². The van der Waals surface area contributed by atoms with Gasteiger partial charge in [0, 0.05) is 5.69 Å². The third kappa shape index (κ3) is 2.93. The van der Waals surface area contributed by atoms with Crippen LogP contribution in [0.5, 0.6) is 0 Å². The van der Waals surface area contributed by atoms with Crippen molar-refractivity contribution in [2.45, 2.75) is 27.7 Å². The standard InChI is InChI=1S/C15H19N/c1-6-11(3)10-14(7-2)15-9-8-12(4)13(5)16-15/h6-10H,2H2,1,3-5H3/b11-6-,14-10+. The number of hydrogen-bond donors (Lipinski definition) is 0. The van der Waals surface area contributed by atoms with Crippen LogP contribution in [0.15, 0.2) is 42.5 Å². The van der Waals surface area contributed by atoms with Gasteiger partial charge >= 0.3 is 0 Å². The number of aryl methyl sites for hydroxylation is 2. The SMILES string of the molecule is C=C/C(=C\C(C)=C/C)c1ccc(C)c(C)n1. The summed E-state index contributed by atoms with van der Waals surface area (Å²) in [6.07, 6.45) is 6.03. The second-order valence-electron chi connectivity index (χ2n) is 3.94. The lowest BCUT2D eigenvalue weighted by Crippen LogP contribution is -1.92. The van der Waals surface area contributed by atoms with Crippen molar-refractivity contribution >= 4 is 5.57 Å². The Kier molecular flexibility index (Phi) is 4.24. The molecule has 0 aliphatic rings. The van der Waals surface area contributed by atoms with Gasteiger partial charge in [-0.3, -0.25) is 4.98 Å². The molecule has 0 radical (unpaired) electrons. The van der Waals surface area contributed by atoms with Crippen molar-refractivity contribution in [3.63, 3.8) is 0 Å². The van der Waals surface area contributed by atoms with Crippen molar-refractivity contribution in [3.8, 4) is 0 Å². The van der Waals surface area contributed by atoms with Crippen LogP contribution in [0.4, 0.5) is 0 Å². The molecule has 1 aromatic heterocycles. The van der Waals surface area contributed by atoms with E-state index in [2.05, 4.69) is 43.6 Å². The number of hydrogen-bond acceptors (Lipinski definition) is 1. The van der Waals surface area contributed by atoms with Crippen LogP contribution in [0.3, 0.4) is 0 Å². The Bertz CT molecular complexity index is 451. The average Bonchev–Trinajstić information content (AvgIpc) is 2.29. The number of allylic oxidation sites excluding steroid dienone is 5. The largest absolute Gasteiger partial charge is 0.253 e. The molecule has 1 heterocycles. The zero-order chi connectivity index (χ0) is 12.1. The van der Waals surface area contributed by atoms with Crippen molar-refractivity contribution in [2.75, 3.05) is 0 Å². The summed E-state index contributed by atoms with van der Waals surface area (Å²) < 4.78 is 0. The Morgan fingerprint density at radius 3 is 2.50 bits per heavy atom. The first-order valence-electron chi connectivity index (χ1n) is 5.50. The minimum atomic E-state index is 0.985. The van der Waals surface area contributed by atoms with E-state index in [-0.39, 0.29) is 0 Å². The molecule has 1 aromatic rings. The van der Waals surface area contributed by atoms with Crippen molar-refractivity contribution in [1.82, 2.24) is 4.98 Å². The van der Waals surface area contributed by atoms with Gasteiger partial charge in [0.05, 0.1) is 5.69 Å². The van der Waals surface area contributed by atoms with E-state index < -0.39 is 0 Å². The van der Waals surface area contributed by atoms with Crippen LogP contribution in [0.1, 0.15) is 30.8 Å². The first-order valence-corrected chi connectivity index (χ1v) is 5.50. The van der Waals surface area contributed by atoms with Crippen LogP contribution in [0, 0.1) is 13.8 Å². The number of nitrogens with zero attached hydrogens (tertiary/aromatic N) is 1. The summed E-state index contributed by atoms with van der Waals surface area (Å²) in [7, 11) is 0. The quantitative estimate of drug-likeness (QED) is 0.684. The van der Waals surface area contributed by atoms with E-state index >= 15 is 0 Å². The van der Waals surface area contributed by atoms with Crippen LogP contribution in [-0.4, -0.2) is 4.98 Å². The Morgan fingerprint density at radius 2 is 2.00 bits per heavy atom. The third-order valence-corrected chi connectivity index (χ3v) is 2.70. The van der Waals surface area contributed by atoms with Gasteiger partial charge < -0.3 is 0 Å². The van der Waals surface area contributed by atoms with Crippen molar-refractivity contribution < 1.29 is 0 Å². The monoisotopic (exact) mass is 213 g/mol. The highest BCUT2D eigenvalue weighted by Crippen LogP contribution is 2.17. The van der Waals surface area contributed by atoms with Crippen LogP contribution in [0.25, 0.3) is 5.57 Å². The van der Waals surface area contributed by atoms with Crippen molar-refractivity contribution in [2.24, 2.45) is 0 Å². The predicted molar refractivity (Wildman–Crippen MR) is 71.3 cm³/mol. The van der Waals surface area contributed by atoms with Crippen LogP contribution in [-0.2, 0) is 0 Å². The highest BCUT2D eigenvalue weighted by Gasteiger charge is 2.01. The van der Waals surface area contributed by atoms with Gasteiger partial charge in [0.25, 0.3) is 0 Å². The molecular weight excluding hydrogens is 194 g/mol. The van der Waals surface area contributed by atoms with Gasteiger partial charge in [0.2, 0.25) is 0 Å². The summed E-state index contributed by atoms with van der Waals surface area (Å²) in [6.45, 7) is 12.0. The van der Waals surface area contributed by atoms with Crippen LogP contribution >= 0.6 is 0 Å². The van der Waals surface area contributed by atoms with Gasteiger partial charge in [-0.1, -0.05) is 36.4 Å². The lowest BCUT2D eigenvalue weighted by Gasteiger charge is -2.05. The third-order valence-electron chi connectivity index (χ3n) is 2.70. The molecule has 0 spiro atoms. The van der Waals surface area contributed by atoms with Crippen molar-refractivity contribution in [3.05, 3.63) is 59.5 Å². The fourth-order valence-corrected chi connectivity index (χ4v) is 1.36. The minimum Gasteiger partial charge on any atom is -0.253 e. The Labute approximate surface area is 98.2 Å². The molecule has 0 atom stereocenters. The molecule has 0 fully saturated rings. The van der Waals surface area contributed by atoms with Gasteiger partial charge in [-0.15, -0.1) is 0 Å². The summed E-state index contributed by atoms with van der Waals surface area (Å²) in [5.74, 6) is 0. The van der Waals surface area contributed by atoms with Gasteiger partial charge in [-0.05, 0) is 44.9 Å². The fourth-order valence-electron chi connectivity index (χ4n) is 1.36. The molecule has 0 aromatic carbocycles. The van der Waals surface area contributed by atoms with Crippen molar-refractivity contribution in [1.29, 1.82) is 0 Å². The number of rotatable bonds is 3. The van der Waals surface area contributed by atoms with Crippen LogP contribution < -0.4 is 0 Å². The number of pyridine rings is 1. The first kappa shape index (κ1) is 12.4. The Balaban J connectivity index is 3.19. The Hall–Kier alpha value is -1.63. The zero-order valence-electron chi connectivity index (χ0n) is 10.5. The second-order valence-corrected chi connectivity index (χ2v) is 3.94. The smallest absolute Gasteiger partial charge is 0.0705 e. The molecule has 0 bridgehead atoms. The molecule has 84 valence electrons. The molecule has 0 saturated heterocycles. The van der Waals surface area contributed by atoms with Gasteiger partial charge in [0.1, 0.15) is 0 Å². The second kappa shape index (κ2) is 5.45. The number of aromatic nitrogens is 1. The molecule has 0 amide bonds. The van der Waals surface area contributed by atoms with E-state index in [9.17, 15) is 0 Å².